The van der Waals surface area contributed by atoms with E-state index >= 15 is 0 Å². The largest absolute Gasteiger partial charge is 0.334 e. The van der Waals surface area contributed by atoms with Gasteiger partial charge in [-0.2, -0.15) is 0 Å². The summed E-state index contributed by atoms with van der Waals surface area (Å²) in [6.07, 6.45) is 3.16. The zero-order chi connectivity index (χ0) is 9.26. The van der Waals surface area contributed by atoms with Gasteiger partial charge in [-0.05, 0) is 17.7 Å². The summed E-state index contributed by atoms with van der Waals surface area (Å²) in [4.78, 5) is 14.5. The number of carbonyl (C=O) groups excluding carboxylic acids is 1. The van der Waals surface area contributed by atoms with Gasteiger partial charge in [-0.3, -0.25) is 0 Å². The van der Waals surface area contributed by atoms with Crippen LogP contribution in [0.1, 0.15) is 5.56 Å². The van der Waals surface area contributed by atoms with Crippen LogP contribution < -0.4 is 0 Å². The van der Waals surface area contributed by atoms with E-state index in [2.05, 4.69) is 4.98 Å². The zero-order valence-electron chi connectivity index (χ0n) is 7.40. The van der Waals surface area contributed by atoms with Crippen LogP contribution >= 0.6 is 0 Å². The van der Waals surface area contributed by atoms with Crippen LogP contribution in [0.5, 0.6) is 0 Å². The van der Waals surface area contributed by atoms with Crippen molar-refractivity contribution < 1.29 is 4.79 Å². The quantitative estimate of drug-likeness (QED) is 0.643. The van der Waals surface area contributed by atoms with Crippen molar-refractivity contribution in [2.24, 2.45) is 7.05 Å². The molecule has 0 saturated heterocycles. The van der Waals surface area contributed by atoms with E-state index < -0.39 is 0 Å². The van der Waals surface area contributed by atoms with E-state index in [4.69, 9.17) is 0 Å². The predicted molar refractivity (Wildman–Crippen MR) is 50.5 cm³/mol. The van der Waals surface area contributed by atoms with Crippen LogP contribution in [0.15, 0.2) is 24.5 Å². The zero-order valence-corrected chi connectivity index (χ0v) is 7.40. The normalized spacial score (nSPS) is 10.5. The molecule has 0 unspecified atom stereocenters. The number of carbonyl (C=O) groups is 1. The maximum absolute atomic E-state index is 10.3. The molecule has 2 aromatic rings. The molecule has 3 heteroatoms. The number of benzene rings is 1. The van der Waals surface area contributed by atoms with E-state index in [1.807, 2.05) is 29.8 Å². The second kappa shape index (κ2) is 3.01. The maximum Gasteiger partial charge on any atom is 0.124 e. The molecule has 0 amide bonds. The fraction of sp³-hybridized carbons (Fsp3) is 0.200. The highest BCUT2D eigenvalue weighted by Gasteiger charge is 1.99. The summed E-state index contributed by atoms with van der Waals surface area (Å²) >= 11 is 0. The molecule has 2 rings (SSSR count). The number of aldehydes is 1. The van der Waals surface area contributed by atoms with Gasteiger partial charge < -0.3 is 9.36 Å². The van der Waals surface area contributed by atoms with Gasteiger partial charge in [0, 0.05) is 13.5 Å². The highest BCUT2D eigenvalue weighted by atomic mass is 16.1. The van der Waals surface area contributed by atoms with Crippen molar-refractivity contribution in [2.75, 3.05) is 0 Å². The first kappa shape index (κ1) is 7.98. The molecule has 13 heavy (non-hydrogen) atoms. The maximum atomic E-state index is 10.3. The van der Waals surface area contributed by atoms with Gasteiger partial charge in [-0.15, -0.1) is 0 Å². The number of nitrogens with zero attached hydrogens (tertiary/aromatic N) is 2. The molecule has 66 valence electrons. The van der Waals surface area contributed by atoms with Crippen LogP contribution in [0, 0.1) is 0 Å². The van der Waals surface area contributed by atoms with Crippen LogP contribution in [-0.2, 0) is 18.3 Å². The molecular weight excluding hydrogens is 164 g/mol. The Labute approximate surface area is 76.0 Å². The molecule has 0 saturated carbocycles. The summed E-state index contributed by atoms with van der Waals surface area (Å²) in [5.41, 5.74) is 3.07. The third kappa shape index (κ3) is 1.33. The Balaban J connectivity index is 2.58. The van der Waals surface area contributed by atoms with Gasteiger partial charge in [0.05, 0.1) is 17.4 Å². The van der Waals surface area contributed by atoms with Gasteiger partial charge in [0.15, 0.2) is 0 Å². The smallest absolute Gasteiger partial charge is 0.124 e. The van der Waals surface area contributed by atoms with E-state index in [0.29, 0.717) is 6.42 Å². The Bertz CT molecular complexity index is 445. The lowest BCUT2D eigenvalue weighted by atomic mass is 10.1. The van der Waals surface area contributed by atoms with Crippen molar-refractivity contribution in [3.8, 4) is 0 Å². The molecule has 0 aliphatic heterocycles. The molecule has 0 aliphatic carbocycles. The van der Waals surface area contributed by atoms with Crippen LogP contribution in [0.3, 0.4) is 0 Å². The molecule has 0 N–H and O–H groups in total. The van der Waals surface area contributed by atoms with Crippen LogP contribution in [0.2, 0.25) is 0 Å². The molecule has 0 radical (unpaired) electrons. The number of aryl methyl sites for hydroxylation is 1. The second-order valence-electron chi connectivity index (χ2n) is 3.05. The first-order valence-electron chi connectivity index (χ1n) is 4.15. The van der Waals surface area contributed by atoms with Crippen molar-refractivity contribution >= 4 is 17.3 Å². The van der Waals surface area contributed by atoms with Gasteiger partial charge >= 0.3 is 0 Å². The standard InChI is InChI=1S/C10H10N2O/c1-12-7-11-9-3-2-8(4-5-13)6-10(9)12/h2-3,5-7H,4H2,1H3. The minimum absolute atomic E-state index is 0.473. The second-order valence-corrected chi connectivity index (χ2v) is 3.05. The Kier molecular flexibility index (Phi) is 1.85. The van der Waals surface area contributed by atoms with Gasteiger partial charge in [-0.1, -0.05) is 6.07 Å². The van der Waals surface area contributed by atoms with Crippen molar-refractivity contribution in [3.63, 3.8) is 0 Å². The highest BCUT2D eigenvalue weighted by molar-refractivity contribution is 5.76. The third-order valence-corrected chi connectivity index (χ3v) is 2.11. The van der Waals surface area contributed by atoms with Gasteiger partial charge in [0.2, 0.25) is 0 Å². The lowest BCUT2D eigenvalue weighted by molar-refractivity contribution is -0.107. The molecule has 0 fully saturated rings. The Hall–Kier alpha value is -1.64. The Morgan fingerprint density at radius 3 is 3.15 bits per heavy atom. The number of hydrogen-bond donors (Lipinski definition) is 0. The van der Waals surface area contributed by atoms with Gasteiger partial charge in [0.1, 0.15) is 6.29 Å². The molecule has 0 bridgehead atoms. The summed E-state index contributed by atoms with van der Waals surface area (Å²) in [6.45, 7) is 0. The fourth-order valence-corrected chi connectivity index (χ4v) is 1.39. The SMILES string of the molecule is Cn1cnc2ccc(CC=O)cc21. The first-order chi connectivity index (χ1) is 6.31. The number of hydrogen-bond acceptors (Lipinski definition) is 2. The van der Waals surface area contributed by atoms with E-state index in [1.165, 1.54) is 0 Å². The van der Waals surface area contributed by atoms with Crippen molar-refractivity contribution in [1.82, 2.24) is 9.55 Å². The number of rotatable bonds is 2. The van der Waals surface area contributed by atoms with E-state index in [9.17, 15) is 4.79 Å². The monoisotopic (exact) mass is 174 g/mol. The van der Waals surface area contributed by atoms with Crippen LogP contribution in [0.4, 0.5) is 0 Å². The molecule has 1 aromatic heterocycles. The average Bonchev–Trinajstić information content (AvgIpc) is 2.49. The summed E-state index contributed by atoms with van der Waals surface area (Å²) in [5, 5.41) is 0. The molecule has 1 aromatic carbocycles. The molecule has 0 spiro atoms. The summed E-state index contributed by atoms with van der Waals surface area (Å²) in [7, 11) is 1.94. The highest BCUT2D eigenvalue weighted by Crippen LogP contribution is 2.13. The Morgan fingerprint density at radius 2 is 2.38 bits per heavy atom. The first-order valence-corrected chi connectivity index (χ1v) is 4.15. The number of fused-ring (bicyclic) bond motifs is 1. The topological polar surface area (TPSA) is 34.9 Å². The van der Waals surface area contributed by atoms with E-state index in [0.717, 1.165) is 22.9 Å². The van der Waals surface area contributed by atoms with Crippen molar-refractivity contribution in [3.05, 3.63) is 30.1 Å². The average molecular weight is 174 g/mol. The predicted octanol–water partition coefficient (Wildman–Crippen LogP) is 1.31. The van der Waals surface area contributed by atoms with E-state index in [-0.39, 0.29) is 0 Å². The molecule has 0 atom stereocenters. The summed E-state index contributed by atoms with van der Waals surface area (Å²) in [5.74, 6) is 0. The lowest BCUT2D eigenvalue weighted by Crippen LogP contribution is -1.88. The Morgan fingerprint density at radius 1 is 1.54 bits per heavy atom. The van der Waals surface area contributed by atoms with Crippen molar-refractivity contribution in [1.29, 1.82) is 0 Å². The summed E-state index contributed by atoms with van der Waals surface area (Å²) in [6, 6.07) is 5.87. The minimum Gasteiger partial charge on any atom is -0.334 e. The van der Waals surface area contributed by atoms with E-state index in [1.54, 1.807) is 6.33 Å². The van der Waals surface area contributed by atoms with Crippen LogP contribution in [0.25, 0.3) is 11.0 Å². The number of imidazole rings is 1. The number of aromatic nitrogens is 2. The van der Waals surface area contributed by atoms with Crippen LogP contribution in [-0.4, -0.2) is 15.8 Å². The van der Waals surface area contributed by atoms with Gasteiger partial charge in [0.25, 0.3) is 0 Å². The van der Waals surface area contributed by atoms with Crippen molar-refractivity contribution in [2.45, 2.75) is 6.42 Å². The molecule has 1 heterocycles. The summed E-state index contributed by atoms with van der Waals surface area (Å²) < 4.78 is 1.95. The molecular formula is C10H10N2O. The van der Waals surface area contributed by atoms with Gasteiger partial charge in [-0.25, -0.2) is 4.98 Å². The molecule has 0 aliphatic rings. The molecule has 3 nitrogen and oxygen atoms in total. The third-order valence-electron chi connectivity index (χ3n) is 2.11. The lowest BCUT2D eigenvalue weighted by Gasteiger charge is -1.97. The minimum atomic E-state index is 0.473. The fourth-order valence-electron chi connectivity index (χ4n) is 1.39.